The Labute approximate surface area is 106 Å². The average molecular weight is 269 g/mol. The van der Waals surface area contributed by atoms with E-state index in [1.165, 1.54) is 13.2 Å². The molecule has 0 unspecified atom stereocenters. The van der Waals surface area contributed by atoms with E-state index in [0.29, 0.717) is 11.3 Å². The van der Waals surface area contributed by atoms with Gasteiger partial charge in [-0.3, -0.25) is 4.72 Å². The molecule has 0 spiro atoms. The van der Waals surface area contributed by atoms with E-state index >= 15 is 0 Å². The second kappa shape index (κ2) is 4.97. The lowest BCUT2D eigenvalue weighted by Crippen LogP contribution is -2.18. The van der Waals surface area contributed by atoms with Gasteiger partial charge in [-0.25, -0.2) is 13.2 Å². The van der Waals surface area contributed by atoms with Crippen LogP contribution in [0.3, 0.4) is 0 Å². The molecule has 1 aliphatic carbocycles. The fraction of sp³-hybridized carbons (Fsp3) is 0.417. The van der Waals surface area contributed by atoms with Crippen LogP contribution in [-0.4, -0.2) is 27.2 Å². The van der Waals surface area contributed by atoms with Crippen molar-refractivity contribution >= 4 is 21.7 Å². The summed E-state index contributed by atoms with van der Waals surface area (Å²) in [5.74, 6) is -0.0559. The number of nitrogens with one attached hydrogen (secondary N) is 1. The molecular weight excluding hydrogens is 254 g/mol. The van der Waals surface area contributed by atoms with Crippen LogP contribution in [0, 0.1) is 5.92 Å². The highest BCUT2D eigenvalue weighted by Gasteiger charge is 2.28. The van der Waals surface area contributed by atoms with Crippen LogP contribution >= 0.6 is 0 Å². The summed E-state index contributed by atoms with van der Waals surface area (Å²) in [4.78, 5) is 11.3. The van der Waals surface area contributed by atoms with Gasteiger partial charge in [0, 0.05) is 5.69 Å². The van der Waals surface area contributed by atoms with Crippen LogP contribution in [0.4, 0.5) is 5.69 Å². The third kappa shape index (κ3) is 3.46. The van der Waals surface area contributed by atoms with Gasteiger partial charge in [0.2, 0.25) is 10.0 Å². The summed E-state index contributed by atoms with van der Waals surface area (Å²) in [5, 5.41) is 0. The molecule has 0 heterocycles. The lowest BCUT2D eigenvalue weighted by molar-refractivity contribution is 0.0601. The van der Waals surface area contributed by atoms with E-state index in [4.69, 9.17) is 0 Å². The van der Waals surface area contributed by atoms with Gasteiger partial charge in [0.1, 0.15) is 0 Å². The van der Waals surface area contributed by atoms with E-state index in [9.17, 15) is 13.2 Å². The molecule has 1 aromatic rings. The predicted octanol–water partition coefficient (Wildman–Crippen LogP) is 1.62. The van der Waals surface area contributed by atoms with Gasteiger partial charge in [-0.1, -0.05) is 6.07 Å². The molecule has 0 aromatic heterocycles. The summed E-state index contributed by atoms with van der Waals surface area (Å²) in [6.45, 7) is 0. The van der Waals surface area contributed by atoms with Gasteiger partial charge >= 0.3 is 5.97 Å². The molecule has 0 aliphatic heterocycles. The zero-order valence-electron chi connectivity index (χ0n) is 10.0. The molecule has 1 aromatic carbocycles. The van der Waals surface area contributed by atoms with E-state index in [2.05, 4.69) is 9.46 Å². The van der Waals surface area contributed by atoms with Gasteiger partial charge in [0.25, 0.3) is 0 Å². The largest absolute Gasteiger partial charge is 0.465 e. The van der Waals surface area contributed by atoms with Crippen LogP contribution in [0.15, 0.2) is 24.3 Å². The van der Waals surface area contributed by atoms with Crippen LogP contribution in [0.5, 0.6) is 0 Å². The zero-order valence-corrected chi connectivity index (χ0v) is 10.9. The van der Waals surface area contributed by atoms with Gasteiger partial charge in [-0.05, 0) is 37.0 Å². The standard InChI is InChI=1S/C12H15NO4S/c1-17-12(14)10-3-2-4-11(7-10)13-18(15,16)8-9-5-6-9/h2-4,7,9,13H,5-6,8H2,1H3. The topological polar surface area (TPSA) is 72.5 Å². The number of esters is 1. The zero-order chi connectivity index (χ0) is 13.2. The third-order valence-corrected chi connectivity index (χ3v) is 4.17. The number of anilines is 1. The number of carbonyl (C=O) groups excluding carboxylic acids is 1. The highest BCUT2D eigenvalue weighted by atomic mass is 32.2. The normalized spacial score (nSPS) is 15.2. The Morgan fingerprint density at radius 3 is 2.78 bits per heavy atom. The first-order valence-corrected chi connectivity index (χ1v) is 7.34. The second-order valence-corrected chi connectivity index (χ2v) is 6.17. The molecular formula is C12H15NO4S. The molecule has 0 atom stereocenters. The third-order valence-electron chi connectivity index (χ3n) is 2.71. The van der Waals surface area contributed by atoms with Crippen LogP contribution < -0.4 is 4.72 Å². The van der Waals surface area contributed by atoms with Crippen LogP contribution in [0.2, 0.25) is 0 Å². The van der Waals surface area contributed by atoms with E-state index < -0.39 is 16.0 Å². The minimum Gasteiger partial charge on any atom is -0.465 e. The van der Waals surface area contributed by atoms with Crippen molar-refractivity contribution in [3.8, 4) is 0 Å². The first-order chi connectivity index (χ1) is 8.50. The smallest absolute Gasteiger partial charge is 0.337 e. The van der Waals surface area contributed by atoms with Crippen molar-refractivity contribution in [1.29, 1.82) is 0 Å². The molecule has 18 heavy (non-hydrogen) atoms. The quantitative estimate of drug-likeness (QED) is 0.824. The van der Waals surface area contributed by atoms with Crippen molar-refractivity contribution in [2.24, 2.45) is 5.92 Å². The summed E-state index contributed by atoms with van der Waals surface area (Å²) < 4.78 is 30.6. The van der Waals surface area contributed by atoms with Crippen molar-refractivity contribution in [2.45, 2.75) is 12.8 Å². The van der Waals surface area contributed by atoms with Crippen LogP contribution in [0.1, 0.15) is 23.2 Å². The lowest BCUT2D eigenvalue weighted by Gasteiger charge is -2.08. The summed E-state index contributed by atoms with van der Waals surface area (Å²) in [5.41, 5.74) is 0.711. The first-order valence-electron chi connectivity index (χ1n) is 5.69. The number of sulfonamides is 1. The number of ether oxygens (including phenoxy) is 1. The highest BCUT2D eigenvalue weighted by molar-refractivity contribution is 7.92. The van der Waals surface area contributed by atoms with Gasteiger partial charge in [-0.15, -0.1) is 0 Å². The lowest BCUT2D eigenvalue weighted by atomic mass is 10.2. The highest BCUT2D eigenvalue weighted by Crippen LogP contribution is 2.30. The van der Waals surface area contributed by atoms with E-state index in [1.807, 2.05) is 0 Å². The van der Waals surface area contributed by atoms with Crippen LogP contribution in [-0.2, 0) is 14.8 Å². The Morgan fingerprint density at radius 1 is 1.44 bits per heavy atom. The predicted molar refractivity (Wildman–Crippen MR) is 67.9 cm³/mol. The van der Waals surface area contributed by atoms with Gasteiger partial charge in [0.05, 0.1) is 18.4 Å². The molecule has 1 aliphatic rings. The summed E-state index contributed by atoms with van der Waals surface area (Å²) in [6.07, 6.45) is 1.95. The number of methoxy groups -OCH3 is 1. The molecule has 0 bridgehead atoms. The Morgan fingerprint density at radius 2 is 2.17 bits per heavy atom. The van der Waals surface area contributed by atoms with Crippen molar-refractivity contribution in [1.82, 2.24) is 0 Å². The number of rotatable bonds is 5. The summed E-state index contributed by atoms with van der Waals surface area (Å²) >= 11 is 0. The van der Waals surface area contributed by atoms with E-state index in [1.54, 1.807) is 18.2 Å². The molecule has 0 amide bonds. The van der Waals surface area contributed by atoms with Crippen molar-refractivity contribution in [3.63, 3.8) is 0 Å². The van der Waals surface area contributed by atoms with Gasteiger partial charge < -0.3 is 4.74 Å². The molecule has 1 N–H and O–H groups in total. The maximum absolute atomic E-state index is 11.8. The van der Waals surface area contributed by atoms with E-state index in [-0.39, 0.29) is 11.7 Å². The second-order valence-electron chi connectivity index (χ2n) is 4.40. The molecule has 0 saturated heterocycles. The Kier molecular flexibility index (Phi) is 3.56. The number of benzene rings is 1. The average Bonchev–Trinajstić information content (AvgIpc) is 3.10. The van der Waals surface area contributed by atoms with E-state index in [0.717, 1.165) is 12.8 Å². The Balaban J connectivity index is 2.11. The number of hydrogen-bond acceptors (Lipinski definition) is 4. The maximum Gasteiger partial charge on any atom is 0.337 e. The molecule has 6 heteroatoms. The maximum atomic E-state index is 11.8. The van der Waals surface area contributed by atoms with Gasteiger partial charge in [-0.2, -0.15) is 0 Å². The minimum absolute atomic E-state index is 0.148. The van der Waals surface area contributed by atoms with Crippen molar-refractivity contribution in [2.75, 3.05) is 17.6 Å². The molecule has 1 saturated carbocycles. The Hall–Kier alpha value is -1.56. The Bertz CT molecular complexity index is 549. The molecule has 1 fully saturated rings. The molecule has 5 nitrogen and oxygen atoms in total. The summed E-state index contributed by atoms with van der Waals surface area (Å²) in [7, 11) is -2.04. The van der Waals surface area contributed by atoms with Crippen LogP contribution in [0.25, 0.3) is 0 Å². The summed E-state index contributed by atoms with van der Waals surface area (Å²) in [6, 6.07) is 6.26. The minimum atomic E-state index is -3.32. The molecule has 98 valence electrons. The number of hydrogen-bond donors (Lipinski definition) is 1. The van der Waals surface area contributed by atoms with Gasteiger partial charge in [0.15, 0.2) is 0 Å². The fourth-order valence-electron chi connectivity index (χ4n) is 1.64. The fourth-order valence-corrected chi connectivity index (χ4v) is 3.17. The van der Waals surface area contributed by atoms with Crippen molar-refractivity contribution < 1.29 is 17.9 Å². The SMILES string of the molecule is COC(=O)c1cccc(NS(=O)(=O)CC2CC2)c1. The molecule has 2 rings (SSSR count). The first kappa shape index (κ1) is 12.9. The number of carbonyl (C=O) groups is 1. The van der Waals surface area contributed by atoms with Crippen molar-refractivity contribution in [3.05, 3.63) is 29.8 Å². The molecule has 0 radical (unpaired) electrons. The monoisotopic (exact) mass is 269 g/mol.